The lowest BCUT2D eigenvalue weighted by Crippen LogP contribution is -2.48. The molecule has 0 spiro atoms. The highest BCUT2D eigenvalue weighted by Crippen LogP contribution is 2.27. The average molecular weight is 557 g/mol. The number of aryl methyl sites for hydroxylation is 1. The van der Waals surface area contributed by atoms with Crippen LogP contribution in [0.1, 0.15) is 44.7 Å². The minimum atomic E-state index is -3.55. The number of carbonyl (C=O) groups excluding carboxylic acids is 2. The lowest BCUT2D eigenvalue weighted by Gasteiger charge is -2.30. The van der Waals surface area contributed by atoms with Gasteiger partial charge in [-0.3, -0.25) is 13.9 Å². The van der Waals surface area contributed by atoms with E-state index in [1.54, 1.807) is 37.3 Å². The quantitative estimate of drug-likeness (QED) is 0.397. The highest BCUT2D eigenvalue weighted by atomic mass is 35.5. The Labute approximate surface area is 224 Å². The van der Waals surface area contributed by atoms with Crippen molar-refractivity contribution in [2.75, 3.05) is 23.7 Å². The summed E-state index contributed by atoms with van der Waals surface area (Å²) in [5.41, 5.74) is 1.95. The number of hydrogen-bond donors (Lipinski definition) is 1. The second kappa shape index (κ2) is 13.3. The third-order valence-corrected chi connectivity index (χ3v) is 7.67. The first-order valence-corrected chi connectivity index (χ1v) is 14.5. The van der Waals surface area contributed by atoms with Crippen LogP contribution < -0.4 is 9.62 Å². The van der Waals surface area contributed by atoms with Crippen molar-refractivity contribution in [3.8, 4) is 0 Å². The number of amides is 2. The van der Waals surface area contributed by atoms with Crippen LogP contribution in [-0.4, -0.2) is 50.5 Å². The van der Waals surface area contributed by atoms with Gasteiger partial charge in [0.2, 0.25) is 21.8 Å². The summed E-state index contributed by atoms with van der Waals surface area (Å²) in [7, 11) is -3.55. The zero-order valence-corrected chi connectivity index (χ0v) is 23.8. The van der Waals surface area contributed by atoms with Gasteiger partial charge in [0.05, 0.1) is 11.9 Å². The van der Waals surface area contributed by atoms with Crippen molar-refractivity contribution in [3.63, 3.8) is 0 Å². The minimum Gasteiger partial charge on any atom is -0.354 e. The van der Waals surface area contributed by atoms with Crippen molar-refractivity contribution in [1.29, 1.82) is 0 Å². The first kappa shape index (κ1) is 29.9. The molecule has 0 saturated carbocycles. The maximum Gasteiger partial charge on any atom is 0.242 e. The van der Waals surface area contributed by atoms with E-state index in [-0.39, 0.29) is 43.7 Å². The van der Waals surface area contributed by atoms with Crippen molar-refractivity contribution in [2.45, 2.75) is 53.1 Å². The fourth-order valence-corrected chi connectivity index (χ4v) is 5.25. The minimum absolute atomic E-state index is 0.0434. The second-order valence-electron chi connectivity index (χ2n) is 9.26. The predicted molar refractivity (Wildman–Crippen MR) is 147 cm³/mol. The van der Waals surface area contributed by atoms with Gasteiger partial charge < -0.3 is 10.2 Å². The summed E-state index contributed by atoms with van der Waals surface area (Å²) in [6.45, 7) is 8.14. The van der Waals surface area contributed by atoms with E-state index < -0.39 is 16.1 Å². The fraction of sp³-hybridized carbons (Fsp3) is 0.462. The molecular weight excluding hydrogens is 521 g/mol. The van der Waals surface area contributed by atoms with E-state index in [1.807, 2.05) is 32.9 Å². The Bertz CT molecular complexity index is 1150. The van der Waals surface area contributed by atoms with Gasteiger partial charge in [-0.2, -0.15) is 0 Å². The molecule has 10 heteroatoms. The lowest BCUT2D eigenvalue weighted by atomic mass is 10.1. The van der Waals surface area contributed by atoms with Crippen molar-refractivity contribution < 1.29 is 18.0 Å². The van der Waals surface area contributed by atoms with Crippen LogP contribution in [-0.2, 0) is 26.2 Å². The number of nitrogens with zero attached hydrogens (tertiary/aromatic N) is 2. The lowest BCUT2D eigenvalue weighted by molar-refractivity contribution is -0.140. The molecule has 1 N–H and O–H groups in total. The van der Waals surface area contributed by atoms with E-state index >= 15 is 0 Å². The van der Waals surface area contributed by atoms with Gasteiger partial charge in [-0.1, -0.05) is 61.3 Å². The maximum absolute atomic E-state index is 13.4. The number of halogens is 2. The van der Waals surface area contributed by atoms with Crippen molar-refractivity contribution in [2.24, 2.45) is 5.92 Å². The Hall–Kier alpha value is -2.29. The van der Waals surface area contributed by atoms with E-state index in [0.717, 1.165) is 11.8 Å². The van der Waals surface area contributed by atoms with Crippen molar-refractivity contribution in [1.82, 2.24) is 10.2 Å². The molecule has 36 heavy (non-hydrogen) atoms. The SMILES string of the molecule is Cc1ccccc1N(CCCC(=O)N(Cc1c(Cl)cccc1Cl)[C@H](C)C(=O)NCC(C)C)S(C)(=O)=O. The molecule has 0 fully saturated rings. The standard InChI is InChI=1S/C26H35Cl2N3O4S/c1-18(2)16-29-26(33)20(4)30(17-21-22(27)11-8-12-23(21)28)25(32)14-9-15-31(36(5,34)35)24-13-7-6-10-19(24)3/h6-8,10-13,18,20H,9,14-17H2,1-5H3,(H,29,33)/t20-/m1/s1. The molecule has 0 aliphatic carbocycles. The molecule has 2 aromatic carbocycles. The number of carbonyl (C=O) groups is 2. The fourth-order valence-electron chi connectivity index (χ4n) is 3.71. The summed E-state index contributed by atoms with van der Waals surface area (Å²) in [4.78, 5) is 27.7. The molecule has 0 aliphatic heterocycles. The van der Waals surface area contributed by atoms with Crippen LogP contribution in [0.2, 0.25) is 10.0 Å². The molecule has 7 nitrogen and oxygen atoms in total. The third kappa shape index (κ3) is 8.39. The molecule has 0 bridgehead atoms. The number of rotatable bonds is 12. The van der Waals surface area contributed by atoms with Crippen LogP contribution in [0.5, 0.6) is 0 Å². The molecule has 0 aromatic heterocycles. The molecule has 198 valence electrons. The summed E-state index contributed by atoms with van der Waals surface area (Å²) < 4.78 is 26.3. The Morgan fingerprint density at radius 2 is 1.61 bits per heavy atom. The van der Waals surface area contributed by atoms with Crippen LogP contribution in [0.4, 0.5) is 5.69 Å². The number of anilines is 1. The molecule has 1 atom stereocenters. The monoisotopic (exact) mass is 555 g/mol. The van der Waals surface area contributed by atoms with E-state index in [4.69, 9.17) is 23.2 Å². The van der Waals surface area contributed by atoms with Crippen LogP contribution >= 0.6 is 23.2 Å². The van der Waals surface area contributed by atoms with Crippen LogP contribution in [0.15, 0.2) is 42.5 Å². The zero-order chi connectivity index (χ0) is 27.0. The smallest absolute Gasteiger partial charge is 0.242 e. The number of nitrogens with one attached hydrogen (secondary N) is 1. The Balaban J connectivity index is 2.23. The highest BCUT2D eigenvalue weighted by molar-refractivity contribution is 7.92. The van der Waals surface area contributed by atoms with Gasteiger partial charge in [0.25, 0.3) is 0 Å². The van der Waals surface area contributed by atoms with Crippen molar-refractivity contribution in [3.05, 3.63) is 63.6 Å². The number of benzene rings is 2. The Morgan fingerprint density at radius 3 is 2.17 bits per heavy atom. The molecule has 0 radical (unpaired) electrons. The normalized spacial score (nSPS) is 12.3. The number of hydrogen-bond acceptors (Lipinski definition) is 4. The molecule has 2 rings (SSSR count). The second-order valence-corrected chi connectivity index (χ2v) is 12.0. The largest absolute Gasteiger partial charge is 0.354 e. The summed E-state index contributed by atoms with van der Waals surface area (Å²) >= 11 is 12.7. The molecule has 2 amide bonds. The molecular formula is C26H35Cl2N3O4S. The number of para-hydroxylation sites is 1. The van der Waals surface area contributed by atoms with Crippen LogP contribution in [0.25, 0.3) is 0 Å². The first-order valence-electron chi connectivity index (χ1n) is 11.9. The molecule has 0 saturated heterocycles. The maximum atomic E-state index is 13.4. The van der Waals surface area contributed by atoms with Gasteiger partial charge in [0.1, 0.15) is 6.04 Å². The summed E-state index contributed by atoms with van der Waals surface area (Å²) in [5.74, 6) is -0.318. The van der Waals surface area contributed by atoms with Gasteiger partial charge >= 0.3 is 0 Å². The van der Waals surface area contributed by atoms with E-state index in [0.29, 0.717) is 27.8 Å². The summed E-state index contributed by atoms with van der Waals surface area (Å²) in [6.07, 6.45) is 1.46. The third-order valence-electron chi connectivity index (χ3n) is 5.78. The average Bonchev–Trinajstić information content (AvgIpc) is 2.79. The van der Waals surface area contributed by atoms with Gasteiger partial charge in [-0.25, -0.2) is 8.42 Å². The van der Waals surface area contributed by atoms with E-state index in [1.165, 1.54) is 9.21 Å². The van der Waals surface area contributed by atoms with E-state index in [9.17, 15) is 18.0 Å². The molecule has 0 aliphatic rings. The van der Waals surface area contributed by atoms with Crippen LogP contribution in [0, 0.1) is 12.8 Å². The molecule has 2 aromatic rings. The van der Waals surface area contributed by atoms with Gasteiger partial charge in [-0.05, 0) is 49.9 Å². The predicted octanol–water partition coefficient (Wildman–Crippen LogP) is 5.04. The van der Waals surface area contributed by atoms with Gasteiger partial charge in [-0.15, -0.1) is 0 Å². The number of sulfonamides is 1. The van der Waals surface area contributed by atoms with Crippen LogP contribution in [0.3, 0.4) is 0 Å². The van der Waals surface area contributed by atoms with Crippen molar-refractivity contribution >= 4 is 50.7 Å². The van der Waals surface area contributed by atoms with Gasteiger partial charge in [0.15, 0.2) is 0 Å². The molecule has 0 unspecified atom stereocenters. The topological polar surface area (TPSA) is 86.8 Å². The Morgan fingerprint density at radius 1 is 1.00 bits per heavy atom. The highest BCUT2D eigenvalue weighted by Gasteiger charge is 2.28. The Kier molecular flexibility index (Phi) is 11.1. The summed E-state index contributed by atoms with van der Waals surface area (Å²) in [6, 6.07) is 11.5. The van der Waals surface area contributed by atoms with Gasteiger partial charge in [0, 0.05) is 41.7 Å². The zero-order valence-electron chi connectivity index (χ0n) is 21.4. The summed E-state index contributed by atoms with van der Waals surface area (Å²) in [5, 5.41) is 3.67. The first-order chi connectivity index (χ1) is 16.8. The molecule has 0 heterocycles. The van der Waals surface area contributed by atoms with E-state index in [2.05, 4.69) is 5.32 Å².